The Morgan fingerprint density at radius 2 is 1.64 bits per heavy atom. The Hall–Kier alpha value is -3.44. The number of ether oxygens (including phenoxy) is 2. The molecule has 0 radical (unpaired) electrons. The van der Waals surface area contributed by atoms with Crippen LogP contribution < -0.4 is 14.9 Å². The van der Waals surface area contributed by atoms with E-state index in [1.54, 1.807) is 72.8 Å². The number of carboxylic acids is 1. The predicted octanol–water partition coefficient (Wildman–Crippen LogP) is 3.15. The van der Waals surface area contributed by atoms with Crippen molar-refractivity contribution < 1.29 is 29.3 Å². The van der Waals surface area contributed by atoms with Crippen LogP contribution in [-0.4, -0.2) is 42.0 Å². The first-order chi connectivity index (χ1) is 15.9. The van der Waals surface area contributed by atoms with Crippen molar-refractivity contribution in [3.8, 4) is 11.5 Å². The van der Waals surface area contributed by atoms with E-state index in [0.29, 0.717) is 31.8 Å². The SMILES string of the molecule is COc1cc(/C=N\NC(=O)C(O)(c2ccccc2)c2ccccc2)cc(I)c1OCC(=O)O. The Labute approximate surface area is 204 Å². The molecule has 0 aliphatic heterocycles. The van der Waals surface area contributed by atoms with Gasteiger partial charge in [0.05, 0.1) is 16.9 Å². The molecule has 0 saturated heterocycles. The van der Waals surface area contributed by atoms with Gasteiger partial charge in [0.15, 0.2) is 23.7 Å². The summed E-state index contributed by atoms with van der Waals surface area (Å²) in [5.74, 6) is -1.21. The van der Waals surface area contributed by atoms with Gasteiger partial charge in [0.1, 0.15) is 0 Å². The smallest absolute Gasteiger partial charge is 0.341 e. The maximum atomic E-state index is 13.1. The molecule has 33 heavy (non-hydrogen) atoms. The Morgan fingerprint density at radius 1 is 1.06 bits per heavy atom. The fourth-order valence-electron chi connectivity index (χ4n) is 3.12. The van der Waals surface area contributed by atoms with Crippen molar-refractivity contribution in [3.05, 3.63) is 93.1 Å². The number of amides is 1. The number of nitrogens with zero attached hydrogens (tertiary/aromatic N) is 1. The summed E-state index contributed by atoms with van der Waals surface area (Å²) in [6.07, 6.45) is 1.39. The van der Waals surface area contributed by atoms with Crippen LogP contribution in [-0.2, 0) is 15.2 Å². The minimum atomic E-state index is -1.94. The maximum Gasteiger partial charge on any atom is 0.341 e. The largest absolute Gasteiger partial charge is 0.493 e. The molecule has 3 aromatic rings. The molecule has 0 atom stereocenters. The zero-order valence-electron chi connectivity index (χ0n) is 17.6. The zero-order chi connectivity index (χ0) is 23.8. The van der Waals surface area contributed by atoms with Gasteiger partial charge in [-0.25, -0.2) is 10.2 Å². The molecule has 170 valence electrons. The van der Waals surface area contributed by atoms with Gasteiger partial charge in [0.25, 0.3) is 5.91 Å². The molecule has 0 bridgehead atoms. The molecule has 0 aliphatic carbocycles. The monoisotopic (exact) mass is 560 g/mol. The Bertz CT molecular complexity index is 1110. The molecular formula is C24H21IN2O6. The van der Waals surface area contributed by atoms with Gasteiger partial charge in [0, 0.05) is 0 Å². The van der Waals surface area contributed by atoms with Crippen LogP contribution in [0.1, 0.15) is 16.7 Å². The van der Waals surface area contributed by atoms with E-state index in [2.05, 4.69) is 10.5 Å². The van der Waals surface area contributed by atoms with E-state index in [0.717, 1.165) is 0 Å². The number of hydrogen-bond donors (Lipinski definition) is 3. The standard InChI is InChI=1S/C24H21IN2O6/c1-32-20-13-16(12-19(25)22(20)33-15-21(28)29)14-26-27-23(30)24(31,17-8-4-2-5-9-17)18-10-6-3-7-11-18/h2-14,31H,15H2,1H3,(H,27,30)(H,28,29)/b26-14-. The van der Waals surface area contributed by atoms with Crippen LogP contribution in [0.5, 0.6) is 11.5 Å². The van der Waals surface area contributed by atoms with Gasteiger partial charge in [-0.2, -0.15) is 5.10 Å². The quantitative estimate of drug-likeness (QED) is 0.210. The van der Waals surface area contributed by atoms with Crippen molar-refractivity contribution in [1.82, 2.24) is 5.43 Å². The number of methoxy groups -OCH3 is 1. The summed E-state index contributed by atoms with van der Waals surface area (Å²) < 4.78 is 11.2. The number of carbonyl (C=O) groups is 2. The number of carboxylic acid groups (broad SMARTS) is 1. The van der Waals surface area contributed by atoms with Crippen LogP contribution in [0.15, 0.2) is 77.9 Å². The second-order valence-corrected chi connectivity index (χ2v) is 8.02. The van der Waals surface area contributed by atoms with E-state index in [1.165, 1.54) is 13.3 Å². The van der Waals surface area contributed by atoms with E-state index in [4.69, 9.17) is 14.6 Å². The number of benzene rings is 3. The summed E-state index contributed by atoms with van der Waals surface area (Å²) >= 11 is 1.99. The number of aliphatic hydroxyl groups is 1. The molecule has 0 unspecified atom stereocenters. The molecule has 0 aromatic heterocycles. The first-order valence-corrected chi connectivity index (χ1v) is 10.8. The van der Waals surface area contributed by atoms with Gasteiger partial charge >= 0.3 is 5.97 Å². The lowest BCUT2D eigenvalue weighted by atomic mass is 9.85. The number of nitrogens with one attached hydrogen (secondary N) is 1. The molecule has 8 nitrogen and oxygen atoms in total. The molecule has 3 rings (SSSR count). The van der Waals surface area contributed by atoms with Gasteiger partial charge in [-0.05, 0) is 51.4 Å². The van der Waals surface area contributed by atoms with E-state index in [-0.39, 0.29) is 0 Å². The average molecular weight is 560 g/mol. The highest BCUT2D eigenvalue weighted by molar-refractivity contribution is 14.1. The van der Waals surface area contributed by atoms with Crippen LogP contribution >= 0.6 is 22.6 Å². The highest BCUT2D eigenvalue weighted by Crippen LogP contribution is 2.33. The summed E-state index contributed by atoms with van der Waals surface area (Å²) in [5, 5.41) is 24.2. The van der Waals surface area contributed by atoms with Crippen molar-refractivity contribution in [3.63, 3.8) is 0 Å². The maximum absolute atomic E-state index is 13.1. The molecule has 0 spiro atoms. The summed E-state index contributed by atoms with van der Waals surface area (Å²) in [7, 11) is 1.43. The third-order valence-electron chi connectivity index (χ3n) is 4.68. The normalized spacial score (nSPS) is 11.2. The summed E-state index contributed by atoms with van der Waals surface area (Å²) in [4.78, 5) is 23.9. The van der Waals surface area contributed by atoms with Crippen molar-refractivity contribution in [2.45, 2.75) is 5.60 Å². The lowest BCUT2D eigenvalue weighted by molar-refractivity contribution is -0.139. The van der Waals surface area contributed by atoms with E-state index in [9.17, 15) is 14.7 Å². The molecule has 1 amide bonds. The van der Waals surface area contributed by atoms with Crippen molar-refractivity contribution in [1.29, 1.82) is 0 Å². The number of aliphatic carboxylic acids is 1. The Balaban J connectivity index is 1.84. The first-order valence-electron chi connectivity index (χ1n) is 9.75. The molecule has 0 heterocycles. The van der Waals surface area contributed by atoms with Crippen LogP contribution in [0.25, 0.3) is 0 Å². The first kappa shape index (κ1) is 24.2. The average Bonchev–Trinajstić information content (AvgIpc) is 2.83. The highest BCUT2D eigenvalue weighted by atomic mass is 127. The minimum absolute atomic E-state index is 0.296. The number of hydrogen-bond acceptors (Lipinski definition) is 6. The molecule has 9 heteroatoms. The van der Waals surface area contributed by atoms with Gasteiger partial charge in [-0.1, -0.05) is 60.7 Å². The lowest BCUT2D eigenvalue weighted by Crippen LogP contribution is -2.43. The van der Waals surface area contributed by atoms with Gasteiger partial charge in [-0.3, -0.25) is 4.79 Å². The predicted molar refractivity (Wildman–Crippen MR) is 130 cm³/mol. The number of halogens is 1. The van der Waals surface area contributed by atoms with Gasteiger partial charge in [0.2, 0.25) is 0 Å². The van der Waals surface area contributed by atoms with Crippen LogP contribution in [0.3, 0.4) is 0 Å². The number of carbonyl (C=O) groups excluding carboxylic acids is 1. The van der Waals surface area contributed by atoms with Gasteiger partial charge < -0.3 is 19.7 Å². The molecule has 3 N–H and O–H groups in total. The third-order valence-corrected chi connectivity index (χ3v) is 5.48. The summed E-state index contributed by atoms with van der Waals surface area (Å²) in [5.41, 5.74) is 1.84. The van der Waals surface area contributed by atoms with E-state index in [1.807, 2.05) is 22.6 Å². The summed E-state index contributed by atoms with van der Waals surface area (Å²) in [6, 6.07) is 20.5. The van der Waals surface area contributed by atoms with E-state index < -0.39 is 24.1 Å². The van der Waals surface area contributed by atoms with E-state index >= 15 is 0 Å². The summed E-state index contributed by atoms with van der Waals surface area (Å²) in [6.45, 7) is -0.507. The molecule has 0 aliphatic rings. The lowest BCUT2D eigenvalue weighted by Gasteiger charge is -2.27. The minimum Gasteiger partial charge on any atom is -0.493 e. The fourth-order valence-corrected chi connectivity index (χ4v) is 3.90. The Kier molecular flexibility index (Phi) is 8.01. The third kappa shape index (κ3) is 5.68. The molecular weight excluding hydrogens is 539 g/mol. The molecule has 3 aromatic carbocycles. The topological polar surface area (TPSA) is 117 Å². The number of rotatable bonds is 9. The van der Waals surface area contributed by atoms with Crippen molar-refractivity contribution >= 4 is 40.7 Å². The molecule has 0 saturated carbocycles. The number of hydrazone groups is 1. The van der Waals surface area contributed by atoms with Crippen LogP contribution in [0.2, 0.25) is 0 Å². The van der Waals surface area contributed by atoms with Crippen molar-refractivity contribution in [2.24, 2.45) is 5.10 Å². The Morgan fingerprint density at radius 3 is 2.15 bits per heavy atom. The zero-order valence-corrected chi connectivity index (χ0v) is 19.7. The fraction of sp³-hybridized carbons (Fsp3) is 0.125. The highest BCUT2D eigenvalue weighted by Gasteiger charge is 2.39. The van der Waals surface area contributed by atoms with Crippen LogP contribution in [0.4, 0.5) is 0 Å². The molecule has 0 fully saturated rings. The van der Waals surface area contributed by atoms with Crippen LogP contribution in [0, 0.1) is 3.57 Å². The van der Waals surface area contributed by atoms with Crippen molar-refractivity contribution in [2.75, 3.05) is 13.7 Å². The second-order valence-electron chi connectivity index (χ2n) is 6.86. The van der Waals surface area contributed by atoms with Gasteiger partial charge in [-0.15, -0.1) is 0 Å². The second kappa shape index (κ2) is 10.9.